The fraction of sp³-hybridized carbons (Fsp3) is 0.517. The number of carboxylic acids is 1. The van der Waals surface area contributed by atoms with E-state index in [-0.39, 0.29) is 12.1 Å². The minimum absolute atomic E-state index is 0.146. The van der Waals surface area contributed by atoms with E-state index in [0.29, 0.717) is 18.2 Å². The average Bonchev–Trinajstić information content (AvgIpc) is 3.09. The van der Waals surface area contributed by atoms with E-state index in [1.165, 1.54) is 30.5 Å². The fourth-order valence-corrected chi connectivity index (χ4v) is 4.50. The smallest absolute Gasteiger partial charge is 0.347 e. The summed E-state index contributed by atoms with van der Waals surface area (Å²) < 4.78 is 5.59. The Morgan fingerprint density at radius 1 is 1.09 bits per heavy atom. The first-order valence-electron chi connectivity index (χ1n) is 12.8. The summed E-state index contributed by atoms with van der Waals surface area (Å²) in [7, 11) is 0. The van der Waals surface area contributed by atoms with Gasteiger partial charge in [0, 0.05) is 19.6 Å². The van der Waals surface area contributed by atoms with E-state index in [1.54, 1.807) is 0 Å². The second kappa shape index (κ2) is 11.6. The van der Waals surface area contributed by atoms with E-state index in [1.807, 2.05) is 34.1 Å². The molecule has 1 heterocycles. The van der Waals surface area contributed by atoms with Gasteiger partial charge in [-0.25, -0.2) is 9.59 Å². The molecule has 1 fully saturated rings. The quantitative estimate of drug-likeness (QED) is 0.399. The van der Waals surface area contributed by atoms with Crippen LogP contribution in [-0.2, 0) is 17.8 Å². The van der Waals surface area contributed by atoms with E-state index in [0.717, 1.165) is 38.8 Å². The Bertz CT molecular complexity index is 983. The van der Waals surface area contributed by atoms with Crippen LogP contribution in [0.1, 0.15) is 76.5 Å². The molecule has 0 aromatic heterocycles. The lowest BCUT2D eigenvalue weighted by Gasteiger charge is -2.23. The van der Waals surface area contributed by atoms with Gasteiger partial charge in [0.25, 0.3) is 0 Å². The molecule has 0 aliphatic carbocycles. The lowest BCUT2D eigenvalue weighted by molar-refractivity contribution is -0.152. The van der Waals surface area contributed by atoms with Crippen molar-refractivity contribution in [1.82, 2.24) is 9.80 Å². The molecule has 6 heteroatoms. The van der Waals surface area contributed by atoms with Crippen LogP contribution >= 0.6 is 0 Å². The topological polar surface area (TPSA) is 70.1 Å². The summed E-state index contributed by atoms with van der Waals surface area (Å²) in [5.74, 6) is 0.0573. The maximum atomic E-state index is 13.1. The second-order valence-electron chi connectivity index (χ2n) is 10.4. The Labute approximate surface area is 209 Å². The zero-order valence-electron chi connectivity index (χ0n) is 21.8. The van der Waals surface area contributed by atoms with Gasteiger partial charge in [-0.3, -0.25) is 0 Å². The molecule has 6 nitrogen and oxygen atoms in total. The fourth-order valence-electron chi connectivity index (χ4n) is 4.50. The summed E-state index contributed by atoms with van der Waals surface area (Å²) in [5, 5.41) is 9.23. The molecule has 3 rings (SSSR count). The first-order chi connectivity index (χ1) is 16.6. The third kappa shape index (κ3) is 7.00. The number of amides is 2. The minimum Gasteiger partial charge on any atom is -0.478 e. The third-order valence-electron chi connectivity index (χ3n) is 6.69. The van der Waals surface area contributed by atoms with Crippen LogP contribution in [0, 0.1) is 0 Å². The van der Waals surface area contributed by atoms with Crippen molar-refractivity contribution in [3.8, 4) is 5.75 Å². The molecule has 1 unspecified atom stereocenters. The van der Waals surface area contributed by atoms with Gasteiger partial charge in [0.2, 0.25) is 0 Å². The molecule has 1 saturated heterocycles. The van der Waals surface area contributed by atoms with Gasteiger partial charge >= 0.3 is 12.0 Å². The standard InChI is InChI=1S/C29H40N2O4/c1-6-18-31-25(20-30(28(31)34)19-23-10-14-24(15-11-23)21(2)3)9-7-8-22-12-16-26(17-13-22)35-29(4,5)27(32)33/h10-17,21,25H,6-9,18-20H2,1-5H3,(H,32,33). The lowest BCUT2D eigenvalue weighted by Crippen LogP contribution is -2.37. The van der Waals surface area contributed by atoms with Gasteiger partial charge in [-0.2, -0.15) is 0 Å². The molecule has 1 N–H and O–H groups in total. The number of urea groups is 1. The van der Waals surface area contributed by atoms with Crippen LogP contribution in [0.2, 0.25) is 0 Å². The first kappa shape index (κ1) is 26.6. The molecule has 0 saturated carbocycles. The van der Waals surface area contributed by atoms with E-state index < -0.39 is 11.6 Å². The van der Waals surface area contributed by atoms with Crippen molar-refractivity contribution in [3.05, 3.63) is 65.2 Å². The van der Waals surface area contributed by atoms with Crippen molar-refractivity contribution in [2.45, 2.75) is 84.4 Å². The normalized spacial score (nSPS) is 16.3. The number of rotatable bonds is 12. The van der Waals surface area contributed by atoms with Crippen molar-refractivity contribution in [2.24, 2.45) is 0 Å². The highest BCUT2D eigenvalue weighted by molar-refractivity contribution is 5.77. The maximum absolute atomic E-state index is 13.1. The molecule has 2 aromatic carbocycles. The number of ether oxygens (including phenoxy) is 1. The van der Waals surface area contributed by atoms with Gasteiger partial charge in [-0.05, 0) is 74.3 Å². The van der Waals surface area contributed by atoms with E-state index >= 15 is 0 Å². The summed E-state index contributed by atoms with van der Waals surface area (Å²) in [6.07, 6.45) is 3.80. The number of benzene rings is 2. The van der Waals surface area contributed by atoms with Gasteiger partial charge in [0.1, 0.15) is 5.75 Å². The summed E-state index contributed by atoms with van der Waals surface area (Å²) in [4.78, 5) is 28.4. The second-order valence-corrected chi connectivity index (χ2v) is 10.4. The molecule has 35 heavy (non-hydrogen) atoms. The molecule has 1 aliphatic heterocycles. The van der Waals surface area contributed by atoms with Crippen LogP contribution in [0.4, 0.5) is 4.79 Å². The highest BCUT2D eigenvalue weighted by Crippen LogP contribution is 2.25. The van der Waals surface area contributed by atoms with Gasteiger partial charge in [0.05, 0.1) is 6.04 Å². The largest absolute Gasteiger partial charge is 0.478 e. The Hall–Kier alpha value is -3.02. The maximum Gasteiger partial charge on any atom is 0.347 e. The Morgan fingerprint density at radius 3 is 2.29 bits per heavy atom. The minimum atomic E-state index is -1.26. The molecule has 1 atom stereocenters. The average molecular weight is 481 g/mol. The highest BCUT2D eigenvalue weighted by Gasteiger charge is 2.36. The number of nitrogens with zero attached hydrogens (tertiary/aromatic N) is 2. The Balaban J connectivity index is 1.54. The predicted octanol–water partition coefficient (Wildman–Crippen LogP) is 6.09. The van der Waals surface area contributed by atoms with Crippen molar-refractivity contribution in [3.63, 3.8) is 0 Å². The molecule has 2 aromatic rings. The molecule has 0 spiro atoms. The van der Waals surface area contributed by atoms with Crippen LogP contribution in [0.3, 0.4) is 0 Å². The number of carboxylic acid groups (broad SMARTS) is 1. The van der Waals surface area contributed by atoms with E-state index in [9.17, 15) is 14.7 Å². The molecule has 190 valence electrons. The summed E-state index contributed by atoms with van der Waals surface area (Å²) in [5.41, 5.74) is 2.41. The van der Waals surface area contributed by atoms with Crippen LogP contribution in [0.5, 0.6) is 5.75 Å². The Morgan fingerprint density at radius 2 is 1.71 bits per heavy atom. The SMILES string of the molecule is CCCN1C(=O)N(Cc2ccc(C(C)C)cc2)CC1CCCc1ccc(OC(C)(C)C(=O)O)cc1. The number of aliphatic carboxylic acids is 1. The molecule has 0 radical (unpaired) electrons. The van der Waals surface area contributed by atoms with Gasteiger partial charge in [-0.15, -0.1) is 0 Å². The zero-order chi connectivity index (χ0) is 25.6. The summed E-state index contributed by atoms with van der Waals surface area (Å²) >= 11 is 0. The molecular weight excluding hydrogens is 440 g/mol. The number of carbonyl (C=O) groups is 2. The first-order valence-corrected chi connectivity index (χ1v) is 12.8. The van der Waals surface area contributed by atoms with Crippen LogP contribution in [0.15, 0.2) is 48.5 Å². The Kier molecular flexibility index (Phi) is 8.82. The number of hydrogen-bond donors (Lipinski definition) is 1. The summed E-state index contributed by atoms with van der Waals surface area (Å²) in [6, 6.07) is 16.6. The molecule has 2 amide bonds. The van der Waals surface area contributed by atoms with Gasteiger partial charge in [0.15, 0.2) is 5.60 Å². The number of aryl methyl sites for hydroxylation is 1. The van der Waals surface area contributed by atoms with E-state index in [2.05, 4.69) is 45.0 Å². The van der Waals surface area contributed by atoms with Crippen LogP contribution in [0.25, 0.3) is 0 Å². The monoisotopic (exact) mass is 480 g/mol. The van der Waals surface area contributed by atoms with Gasteiger partial charge < -0.3 is 19.6 Å². The third-order valence-corrected chi connectivity index (χ3v) is 6.69. The number of carbonyl (C=O) groups excluding carboxylic acids is 1. The van der Waals surface area contributed by atoms with Crippen LogP contribution in [-0.4, -0.2) is 51.6 Å². The lowest BCUT2D eigenvalue weighted by atomic mass is 10.0. The van der Waals surface area contributed by atoms with Crippen molar-refractivity contribution in [1.29, 1.82) is 0 Å². The number of hydrogen-bond acceptors (Lipinski definition) is 3. The zero-order valence-corrected chi connectivity index (χ0v) is 21.8. The van der Waals surface area contributed by atoms with Crippen LogP contribution < -0.4 is 4.74 Å². The predicted molar refractivity (Wildman–Crippen MR) is 139 cm³/mol. The van der Waals surface area contributed by atoms with Gasteiger partial charge in [-0.1, -0.05) is 57.2 Å². The van der Waals surface area contributed by atoms with Crippen molar-refractivity contribution in [2.75, 3.05) is 13.1 Å². The molecule has 0 bridgehead atoms. The van der Waals surface area contributed by atoms with Crippen molar-refractivity contribution >= 4 is 12.0 Å². The highest BCUT2D eigenvalue weighted by atomic mass is 16.5. The molecular formula is C29H40N2O4. The molecule has 1 aliphatic rings. The van der Waals surface area contributed by atoms with E-state index in [4.69, 9.17) is 4.74 Å². The van der Waals surface area contributed by atoms with Crippen molar-refractivity contribution < 1.29 is 19.4 Å². The summed E-state index contributed by atoms with van der Waals surface area (Å²) in [6.45, 7) is 11.8.